The van der Waals surface area contributed by atoms with Gasteiger partial charge in [-0.1, -0.05) is 30.3 Å². The molecule has 6 rings (SSSR count). The van der Waals surface area contributed by atoms with E-state index in [0.29, 0.717) is 13.2 Å². The third kappa shape index (κ3) is 4.24. The number of aliphatic imine (C=N–C) groups is 1. The van der Waals surface area contributed by atoms with E-state index in [0.717, 1.165) is 57.2 Å². The molecule has 2 aliphatic heterocycles. The number of para-hydroxylation sites is 1. The lowest BCUT2D eigenvalue weighted by Gasteiger charge is -2.46. The number of ether oxygens (including phenoxy) is 1. The van der Waals surface area contributed by atoms with Gasteiger partial charge in [-0.05, 0) is 71.4 Å². The molecule has 0 spiro atoms. The Balaban J connectivity index is 1.72. The number of hydrogen-bond acceptors (Lipinski definition) is 4. The molecule has 0 amide bonds. The van der Waals surface area contributed by atoms with E-state index in [1.807, 2.05) is 73.3 Å². The van der Waals surface area contributed by atoms with Crippen LogP contribution in [0.1, 0.15) is 11.3 Å². The van der Waals surface area contributed by atoms with Gasteiger partial charge in [0.15, 0.2) is 13.2 Å². The lowest BCUT2D eigenvalue weighted by Crippen LogP contribution is -2.45. The first-order chi connectivity index (χ1) is 18.5. The Labute approximate surface area is 229 Å². The largest absolute Gasteiger partial charge is 0.379 e. The van der Waals surface area contributed by atoms with Gasteiger partial charge in [0.2, 0.25) is 0 Å². The smallest absolute Gasteiger partial charge is 0.170 e. The molecule has 0 unspecified atom stereocenters. The fourth-order valence-electron chi connectivity index (χ4n) is 5.04. The van der Waals surface area contributed by atoms with E-state index in [-0.39, 0.29) is 5.82 Å². The summed E-state index contributed by atoms with van der Waals surface area (Å²) in [7, 11) is -0.643. The highest BCUT2D eigenvalue weighted by molar-refractivity contribution is 9.10. The Bertz CT molecular complexity index is 1560. The number of amidine groups is 1. The van der Waals surface area contributed by atoms with Crippen LogP contribution in [0.15, 0.2) is 93.1 Å². The van der Waals surface area contributed by atoms with E-state index < -0.39 is 7.36 Å². The monoisotopic (exact) mass is 592 g/mol. The van der Waals surface area contributed by atoms with Crippen molar-refractivity contribution in [3.05, 3.63) is 100 Å². The summed E-state index contributed by atoms with van der Waals surface area (Å²) >= 11 is 3.73. The molecular formula is C28H27BrFN6OP. The van der Waals surface area contributed by atoms with Gasteiger partial charge in [0.1, 0.15) is 11.7 Å². The van der Waals surface area contributed by atoms with Crippen molar-refractivity contribution in [2.24, 2.45) is 9.74 Å². The fraction of sp³-hybridized carbons (Fsp3) is 0.214. The quantitative estimate of drug-likeness (QED) is 0.256. The Morgan fingerprint density at radius 3 is 2.34 bits per heavy atom. The van der Waals surface area contributed by atoms with Crippen LogP contribution >= 0.6 is 23.3 Å². The fourth-order valence-corrected chi connectivity index (χ4v) is 9.39. The normalized spacial score (nSPS) is 19.7. The molecule has 1 aromatic heterocycles. The molecule has 0 saturated carbocycles. The number of aromatic nitrogens is 2. The summed E-state index contributed by atoms with van der Waals surface area (Å²) in [5, 5.41) is 6.04. The number of aryl methyl sites for hydroxylation is 1. The third-order valence-corrected chi connectivity index (χ3v) is 11.3. The van der Waals surface area contributed by atoms with Crippen LogP contribution in [0.25, 0.3) is 5.69 Å². The molecule has 194 valence electrons. The summed E-state index contributed by atoms with van der Waals surface area (Å²) in [4.78, 5) is 5.20. The number of halogens is 2. The standard InChI is InChI=1S/C28H27BrFN6OP/c1-20-26-28(36(32-20)23-8-4-3-5-9-23)31-27(21-12-14-22(30)15-13-21)34(2)38(26,35-16-18-37-19-17-35)33-25-11-7-6-10-24(25)29/h3-15H,16-19H2,1-2H3/t38-/m1/s1. The summed E-state index contributed by atoms with van der Waals surface area (Å²) in [6.07, 6.45) is 0. The number of nitrogens with zero attached hydrogens (tertiary/aromatic N) is 6. The molecule has 4 aromatic rings. The summed E-state index contributed by atoms with van der Waals surface area (Å²) in [6.45, 7) is 4.71. The van der Waals surface area contributed by atoms with Crippen LogP contribution in [0, 0.1) is 12.7 Å². The van der Waals surface area contributed by atoms with Gasteiger partial charge in [-0.15, -0.1) is 0 Å². The molecule has 10 heteroatoms. The summed E-state index contributed by atoms with van der Waals surface area (Å²) < 4.78 is 32.8. The van der Waals surface area contributed by atoms with Crippen LogP contribution in [-0.4, -0.2) is 58.3 Å². The first kappa shape index (κ1) is 25.2. The topological polar surface area (TPSA) is 58.3 Å². The number of hydrogen-bond donors (Lipinski definition) is 0. The molecule has 0 radical (unpaired) electrons. The Hall–Kier alpha value is -3.10. The molecule has 0 bridgehead atoms. The van der Waals surface area contributed by atoms with Crippen LogP contribution in [0.2, 0.25) is 0 Å². The molecule has 0 N–H and O–H groups in total. The maximum atomic E-state index is 13.9. The summed E-state index contributed by atoms with van der Waals surface area (Å²) in [6, 6.07) is 24.5. The van der Waals surface area contributed by atoms with E-state index in [1.54, 1.807) is 12.1 Å². The van der Waals surface area contributed by atoms with Gasteiger partial charge in [0, 0.05) is 30.2 Å². The molecule has 0 aliphatic carbocycles. The minimum atomic E-state index is -2.69. The second-order valence-electron chi connectivity index (χ2n) is 9.16. The SMILES string of the molecule is Cc1nn(-c2ccccc2)c2c1[P@](=Nc1ccccc1Br)(N1CCOCC1)N(C)C(c1ccc(F)cc1)=N2. The lowest BCUT2D eigenvalue weighted by atomic mass is 10.2. The number of fused-ring (bicyclic) bond motifs is 1. The van der Waals surface area contributed by atoms with Crippen molar-refractivity contribution in [2.75, 3.05) is 33.4 Å². The minimum Gasteiger partial charge on any atom is -0.379 e. The van der Waals surface area contributed by atoms with Crippen LogP contribution in [0.5, 0.6) is 0 Å². The van der Waals surface area contributed by atoms with Crippen molar-refractivity contribution in [1.29, 1.82) is 0 Å². The minimum absolute atomic E-state index is 0.286. The van der Waals surface area contributed by atoms with E-state index in [4.69, 9.17) is 19.6 Å². The number of morpholine rings is 1. The molecule has 3 aromatic carbocycles. The van der Waals surface area contributed by atoms with E-state index in [2.05, 4.69) is 25.3 Å². The van der Waals surface area contributed by atoms with Gasteiger partial charge in [0.05, 0.1) is 35.6 Å². The Kier molecular flexibility index (Phi) is 6.78. The predicted molar refractivity (Wildman–Crippen MR) is 154 cm³/mol. The highest BCUT2D eigenvalue weighted by Gasteiger charge is 2.45. The van der Waals surface area contributed by atoms with Gasteiger partial charge < -0.3 is 9.41 Å². The van der Waals surface area contributed by atoms with Crippen LogP contribution in [-0.2, 0) is 4.74 Å². The van der Waals surface area contributed by atoms with Crippen molar-refractivity contribution in [2.45, 2.75) is 6.92 Å². The van der Waals surface area contributed by atoms with Gasteiger partial charge in [-0.2, -0.15) is 5.10 Å². The Morgan fingerprint density at radius 1 is 0.947 bits per heavy atom. The highest BCUT2D eigenvalue weighted by Crippen LogP contribution is 2.62. The second-order valence-corrected chi connectivity index (χ2v) is 13.0. The predicted octanol–water partition coefficient (Wildman–Crippen LogP) is 6.43. The Morgan fingerprint density at radius 2 is 1.63 bits per heavy atom. The van der Waals surface area contributed by atoms with Gasteiger partial charge in [-0.25, -0.2) is 23.5 Å². The number of benzene rings is 3. The van der Waals surface area contributed by atoms with Gasteiger partial charge >= 0.3 is 0 Å². The molecule has 7 nitrogen and oxygen atoms in total. The zero-order chi connectivity index (χ0) is 26.3. The number of rotatable bonds is 4. The zero-order valence-electron chi connectivity index (χ0n) is 21.1. The maximum Gasteiger partial charge on any atom is 0.170 e. The zero-order valence-corrected chi connectivity index (χ0v) is 23.6. The van der Waals surface area contributed by atoms with Crippen LogP contribution < -0.4 is 5.30 Å². The highest BCUT2D eigenvalue weighted by atomic mass is 79.9. The van der Waals surface area contributed by atoms with E-state index in [1.165, 1.54) is 12.1 Å². The van der Waals surface area contributed by atoms with Crippen molar-refractivity contribution >= 4 is 45.9 Å². The van der Waals surface area contributed by atoms with Crippen LogP contribution in [0.4, 0.5) is 15.9 Å². The van der Waals surface area contributed by atoms with Gasteiger partial charge in [-0.3, -0.25) is 0 Å². The van der Waals surface area contributed by atoms with Crippen LogP contribution in [0.3, 0.4) is 0 Å². The second kappa shape index (κ2) is 10.2. The molecule has 2 aliphatic rings. The summed E-state index contributed by atoms with van der Waals surface area (Å²) in [5.74, 6) is 1.19. The summed E-state index contributed by atoms with van der Waals surface area (Å²) in [5.41, 5.74) is 3.48. The van der Waals surface area contributed by atoms with Crippen molar-refractivity contribution in [3.63, 3.8) is 0 Å². The maximum absolute atomic E-state index is 13.9. The molecular weight excluding hydrogens is 566 g/mol. The molecule has 38 heavy (non-hydrogen) atoms. The molecule has 1 atom stereocenters. The van der Waals surface area contributed by atoms with E-state index in [9.17, 15) is 4.39 Å². The van der Waals surface area contributed by atoms with Gasteiger partial charge in [0.25, 0.3) is 0 Å². The van der Waals surface area contributed by atoms with Crippen molar-refractivity contribution in [1.82, 2.24) is 19.1 Å². The lowest BCUT2D eigenvalue weighted by molar-refractivity contribution is 0.0732. The molecule has 1 saturated heterocycles. The molecule has 1 fully saturated rings. The molecule has 3 heterocycles. The third-order valence-electron chi connectivity index (χ3n) is 6.83. The van der Waals surface area contributed by atoms with Crippen molar-refractivity contribution in [3.8, 4) is 5.69 Å². The van der Waals surface area contributed by atoms with E-state index >= 15 is 0 Å². The first-order valence-electron chi connectivity index (χ1n) is 12.4. The van der Waals surface area contributed by atoms with Crippen molar-refractivity contribution < 1.29 is 9.13 Å². The average molecular weight is 593 g/mol. The first-order valence-corrected chi connectivity index (χ1v) is 14.9. The average Bonchev–Trinajstić information content (AvgIpc) is 3.29.